The molecular weight excluding hydrogens is 386 g/mol. The number of nitrogens with one attached hydrogen (secondary N) is 1. The molecule has 0 aliphatic heterocycles. The summed E-state index contributed by atoms with van der Waals surface area (Å²) < 4.78 is 34.5. The highest BCUT2D eigenvalue weighted by atomic mass is 32.2. The number of carbonyl (C=O) groups is 1. The molecule has 146 valence electrons. The molecule has 0 radical (unpaired) electrons. The van der Waals surface area contributed by atoms with Crippen LogP contribution in [0.5, 0.6) is 5.75 Å². The van der Waals surface area contributed by atoms with E-state index in [0.29, 0.717) is 17.5 Å². The fourth-order valence-corrected chi connectivity index (χ4v) is 3.25. The van der Waals surface area contributed by atoms with E-state index in [1.165, 1.54) is 36.0 Å². The highest BCUT2D eigenvalue weighted by Crippen LogP contribution is 2.21. The minimum Gasteiger partial charge on any atom is -0.483 e. The highest BCUT2D eigenvalue weighted by molar-refractivity contribution is 7.99. The van der Waals surface area contributed by atoms with Crippen LogP contribution in [0.2, 0.25) is 0 Å². The van der Waals surface area contributed by atoms with Crippen LogP contribution < -0.4 is 10.1 Å². The third-order valence-corrected chi connectivity index (χ3v) is 4.75. The molecule has 0 aliphatic carbocycles. The number of amides is 1. The Bertz CT molecular complexity index is 965. The first-order valence-electron chi connectivity index (χ1n) is 8.55. The topological polar surface area (TPSA) is 69.0 Å². The molecule has 0 fully saturated rings. The van der Waals surface area contributed by atoms with Crippen molar-refractivity contribution >= 4 is 23.4 Å². The molecule has 0 atom stereocenters. The average molecular weight is 404 g/mol. The fourth-order valence-electron chi connectivity index (χ4n) is 2.43. The van der Waals surface area contributed by atoms with E-state index in [0.717, 1.165) is 0 Å². The maximum absolute atomic E-state index is 13.7. The van der Waals surface area contributed by atoms with Crippen molar-refractivity contribution in [2.75, 3.05) is 11.1 Å². The number of hydrogen-bond acceptors (Lipinski definition) is 5. The molecule has 0 spiro atoms. The van der Waals surface area contributed by atoms with Crippen molar-refractivity contribution in [3.8, 4) is 5.75 Å². The molecule has 3 rings (SSSR count). The van der Waals surface area contributed by atoms with Gasteiger partial charge in [-0.15, -0.1) is 10.2 Å². The normalized spacial score (nSPS) is 10.7. The molecule has 1 aromatic heterocycles. The molecule has 1 N–H and O–H groups in total. The summed E-state index contributed by atoms with van der Waals surface area (Å²) >= 11 is 1.18. The van der Waals surface area contributed by atoms with Crippen molar-refractivity contribution in [1.29, 1.82) is 0 Å². The largest absolute Gasteiger partial charge is 0.483 e. The minimum atomic E-state index is -0.495. The number of halogens is 2. The summed E-state index contributed by atoms with van der Waals surface area (Å²) in [5, 5.41) is 11.2. The number of nitrogens with zero attached hydrogens (tertiary/aromatic N) is 3. The molecule has 9 heteroatoms. The van der Waals surface area contributed by atoms with E-state index in [2.05, 4.69) is 15.5 Å². The first-order valence-corrected chi connectivity index (χ1v) is 9.53. The second kappa shape index (κ2) is 9.32. The zero-order valence-corrected chi connectivity index (χ0v) is 15.9. The van der Waals surface area contributed by atoms with E-state index in [1.807, 2.05) is 6.92 Å². The fraction of sp³-hybridized carbons (Fsp3) is 0.211. The summed E-state index contributed by atoms with van der Waals surface area (Å²) in [5.74, 6) is -0.616. The van der Waals surface area contributed by atoms with Gasteiger partial charge in [0.25, 0.3) is 0 Å². The Hall–Kier alpha value is -2.94. The minimum absolute atomic E-state index is 0.0423. The van der Waals surface area contributed by atoms with Gasteiger partial charge in [-0.1, -0.05) is 36.0 Å². The summed E-state index contributed by atoms with van der Waals surface area (Å²) in [4.78, 5) is 12.1. The first kappa shape index (κ1) is 19.8. The second-order valence-electron chi connectivity index (χ2n) is 5.68. The van der Waals surface area contributed by atoms with Crippen LogP contribution in [0.3, 0.4) is 0 Å². The molecule has 0 bridgehead atoms. The van der Waals surface area contributed by atoms with Crippen LogP contribution in [-0.4, -0.2) is 26.4 Å². The van der Waals surface area contributed by atoms with E-state index in [9.17, 15) is 13.6 Å². The Morgan fingerprint density at radius 1 is 1.11 bits per heavy atom. The maximum atomic E-state index is 13.7. The van der Waals surface area contributed by atoms with Gasteiger partial charge in [0.15, 0.2) is 22.5 Å². The third kappa shape index (κ3) is 4.86. The monoisotopic (exact) mass is 404 g/mol. The van der Waals surface area contributed by atoms with Crippen molar-refractivity contribution in [3.63, 3.8) is 0 Å². The summed E-state index contributed by atoms with van der Waals surface area (Å²) in [6.07, 6.45) is 0. The van der Waals surface area contributed by atoms with Gasteiger partial charge in [0, 0.05) is 6.54 Å². The van der Waals surface area contributed by atoms with Crippen molar-refractivity contribution < 1.29 is 18.3 Å². The molecule has 0 saturated heterocycles. The van der Waals surface area contributed by atoms with Crippen molar-refractivity contribution in [2.45, 2.75) is 25.2 Å². The lowest BCUT2D eigenvalue weighted by molar-refractivity contribution is -0.113. The van der Waals surface area contributed by atoms with Gasteiger partial charge in [0.1, 0.15) is 12.4 Å². The zero-order chi connectivity index (χ0) is 19.9. The molecule has 1 amide bonds. The van der Waals surface area contributed by atoms with Gasteiger partial charge in [-0.05, 0) is 31.2 Å². The van der Waals surface area contributed by atoms with Crippen LogP contribution in [-0.2, 0) is 17.9 Å². The highest BCUT2D eigenvalue weighted by Gasteiger charge is 2.15. The van der Waals surface area contributed by atoms with Crippen molar-refractivity contribution in [2.24, 2.45) is 0 Å². The number of carbonyl (C=O) groups excluding carboxylic acids is 1. The average Bonchev–Trinajstić information content (AvgIpc) is 3.09. The van der Waals surface area contributed by atoms with E-state index in [-0.39, 0.29) is 29.7 Å². The van der Waals surface area contributed by atoms with Crippen LogP contribution in [0.4, 0.5) is 14.5 Å². The Labute approximate surface area is 164 Å². The number of ether oxygens (including phenoxy) is 1. The molecule has 0 unspecified atom stereocenters. The van der Waals surface area contributed by atoms with Crippen molar-refractivity contribution in [3.05, 3.63) is 66.0 Å². The van der Waals surface area contributed by atoms with Gasteiger partial charge < -0.3 is 14.6 Å². The maximum Gasteiger partial charge on any atom is 0.234 e. The van der Waals surface area contributed by atoms with Crippen LogP contribution in [0.15, 0.2) is 53.7 Å². The van der Waals surface area contributed by atoms with Crippen LogP contribution in [0, 0.1) is 11.6 Å². The van der Waals surface area contributed by atoms with Gasteiger partial charge in [-0.25, -0.2) is 8.78 Å². The van der Waals surface area contributed by atoms with Crippen LogP contribution in [0.1, 0.15) is 12.7 Å². The van der Waals surface area contributed by atoms with E-state index < -0.39 is 11.6 Å². The van der Waals surface area contributed by atoms with Gasteiger partial charge >= 0.3 is 0 Å². The predicted octanol–water partition coefficient (Wildman–Crippen LogP) is 3.89. The molecule has 2 aromatic carbocycles. The summed E-state index contributed by atoms with van der Waals surface area (Å²) in [5.41, 5.74) is 0.129. The molecule has 0 aliphatic rings. The summed E-state index contributed by atoms with van der Waals surface area (Å²) in [7, 11) is 0. The van der Waals surface area contributed by atoms with Crippen LogP contribution >= 0.6 is 11.8 Å². The summed E-state index contributed by atoms with van der Waals surface area (Å²) in [6.45, 7) is 2.50. The van der Waals surface area contributed by atoms with E-state index >= 15 is 0 Å². The van der Waals surface area contributed by atoms with Gasteiger partial charge in [-0.3, -0.25) is 4.79 Å². The number of hydrogen-bond donors (Lipinski definition) is 1. The number of rotatable bonds is 8. The SMILES string of the molecule is CCn1c(COc2ccccc2F)nnc1SCC(=O)Nc1ccccc1F. The quantitative estimate of drug-likeness (QED) is 0.577. The second-order valence-corrected chi connectivity index (χ2v) is 6.62. The molecular formula is C19H18F2N4O2S. The number of thioether (sulfide) groups is 1. The standard InChI is InChI=1S/C19H18F2N4O2S/c1-2-25-17(11-27-16-10-6-4-8-14(16)21)23-24-19(25)28-12-18(26)22-15-9-5-3-7-13(15)20/h3-10H,2,11-12H2,1H3,(H,22,26). The van der Waals surface area contributed by atoms with Crippen LogP contribution in [0.25, 0.3) is 0 Å². The number of para-hydroxylation sites is 2. The molecule has 0 saturated carbocycles. The van der Waals surface area contributed by atoms with Crippen molar-refractivity contribution in [1.82, 2.24) is 14.8 Å². The van der Waals surface area contributed by atoms with Gasteiger partial charge in [-0.2, -0.15) is 0 Å². The Morgan fingerprint density at radius 3 is 2.54 bits per heavy atom. The molecule has 1 heterocycles. The Balaban J connectivity index is 1.59. The molecule has 6 nitrogen and oxygen atoms in total. The van der Waals surface area contributed by atoms with Gasteiger partial charge in [0.05, 0.1) is 11.4 Å². The number of anilines is 1. The Kier molecular flexibility index (Phi) is 6.59. The number of aromatic nitrogens is 3. The predicted molar refractivity (Wildman–Crippen MR) is 102 cm³/mol. The molecule has 28 heavy (non-hydrogen) atoms. The lowest BCUT2D eigenvalue weighted by Gasteiger charge is -2.09. The first-order chi connectivity index (χ1) is 13.6. The third-order valence-electron chi connectivity index (χ3n) is 3.78. The van der Waals surface area contributed by atoms with E-state index in [1.54, 1.807) is 28.8 Å². The van der Waals surface area contributed by atoms with Gasteiger partial charge in [0.2, 0.25) is 5.91 Å². The lowest BCUT2D eigenvalue weighted by atomic mass is 10.3. The lowest BCUT2D eigenvalue weighted by Crippen LogP contribution is -2.15. The zero-order valence-electron chi connectivity index (χ0n) is 15.1. The smallest absolute Gasteiger partial charge is 0.234 e. The Morgan fingerprint density at radius 2 is 1.82 bits per heavy atom. The molecule has 3 aromatic rings. The number of benzene rings is 2. The van der Waals surface area contributed by atoms with E-state index in [4.69, 9.17) is 4.74 Å². The summed E-state index contributed by atoms with van der Waals surface area (Å²) in [6, 6.07) is 12.1.